The number of phenols is 1. The molecular formula is C19H27N5O7. The molecule has 4 amide bonds. The number of carboxylic acid groups (broad SMARTS) is 1. The molecule has 31 heavy (non-hydrogen) atoms. The van der Waals surface area contributed by atoms with Gasteiger partial charge in [-0.15, -0.1) is 0 Å². The van der Waals surface area contributed by atoms with E-state index in [1.807, 2.05) is 0 Å². The van der Waals surface area contributed by atoms with E-state index in [1.165, 1.54) is 31.2 Å². The van der Waals surface area contributed by atoms with Crippen LogP contribution in [0.1, 0.15) is 25.3 Å². The van der Waals surface area contributed by atoms with Gasteiger partial charge in [-0.1, -0.05) is 12.1 Å². The van der Waals surface area contributed by atoms with Crippen LogP contribution in [0.5, 0.6) is 5.75 Å². The topological polar surface area (TPSA) is 214 Å². The molecule has 1 aromatic rings. The van der Waals surface area contributed by atoms with Gasteiger partial charge >= 0.3 is 5.97 Å². The van der Waals surface area contributed by atoms with Gasteiger partial charge in [0.1, 0.15) is 23.9 Å². The fraction of sp³-hybridized carbons (Fsp3) is 0.421. The summed E-state index contributed by atoms with van der Waals surface area (Å²) in [6.45, 7) is 0.955. The first-order chi connectivity index (χ1) is 14.5. The fourth-order valence-corrected chi connectivity index (χ4v) is 2.55. The zero-order valence-electron chi connectivity index (χ0n) is 17.0. The van der Waals surface area contributed by atoms with Crippen molar-refractivity contribution in [1.82, 2.24) is 16.0 Å². The molecule has 12 heteroatoms. The first-order valence-corrected chi connectivity index (χ1v) is 9.42. The molecule has 3 atom stereocenters. The molecule has 0 saturated carbocycles. The Labute approximate surface area is 178 Å². The SMILES string of the molecule is CC(NC(=O)C(CCC(N)=O)NC(=O)CN)C(=O)NC(Cc1ccc(O)cc1)C(=O)O. The number of rotatable bonds is 12. The summed E-state index contributed by atoms with van der Waals surface area (Å²) in [6.07, 6.45) is -0.326. The molecule has 0 heterocycles. The second-order valence-electron chi connectivity index (χ2n) is 6.83. The largest absolute Gasteiger partial charge is 0.508 e. The number of carbonyl (C=O) groups is 5. The van der Waals surface area contributed by atoms with Gasteiger partial charge in [-0.05, 0) is 31.0 Å². The van der Waals surface area contributed by atoms with Gasteiger partial charge in [0, 0.05) is 12.8 Å². The van der Waals surface area contributed by atoms with E-state index < -0.39 is 47.7 Å². The lowest BCUT2D eigenvalue weighted by atomic mass is 10.1. The predicted octanol–water partition coefficient (Wildman–Crippen LogP) is -2.28. The number of hydrogen-bond donors (Lipinski definition) is 7. The highest BCUT2D eigenvalue weighted by Crippen LogP contribution is 2.11. The second kappa shape index (κ2) is 12.1. The minimum atomic E-state index is -1.28. The van der Waals surface area contributed by atoms with E-state index >= 15 is 0 Å². The quantitative estimate of drug-likeness (QED) is 0.189. The Morgan fingerprint density at radius 2 is 1.58 bits per heavy atom. The number of benzene rings is 1. The maximum Gasteiger partial charge on any atom is 0.326 e. The molecule has 0 spiro atoms. The van der Waals surface area contributed by atoms with Gasteiger partial charge in [0.25, 0.3) is 0 Å². The first-order valence-electron chi connectivity index (χ1n) is 9.42. The summed E-state index contributed by atoms with van der Waals surface area (Å²) < 4.78 is 0. The number of carbonyl (C=O) groups excluding carboxylic acids is 4. The molecule has 3 unspecified atom stereocenters. The number of hydrogen-bond acceptors (Lipinski definition) is 7. The Morgan fingerprint density at radius 3 is 2.10 bits per heavy atom. The number of nitrogens with two attached hydrogens (primary N) is 2. The van der Waals surface area contributed by atoms with Crippen molar-refractivity contribution in [3.63, 3.8) is 0 Å². The maximum absolute atomic E-state index is 12.4. The predicted molar refractivity (Wildman–Crippen MR) is 108 cm³/mol. The van der Waals surface area contributed by atoms with Gasteiger partial charge in [0.2, 0.25) is 23.6 Å². The van der Waals surface area contributed by atoms with Crippen LogP contribution in [0.4, 0.5) is 0 Å². The number of nitrogens with one attached hydrogen (secondary N) is 3. The molecule has 0 fully saturated rings. The Hall–Kier alpha value is -3.67. The van der Waals surface area contributed by atoms with Gasteiger partial charge in [0.05, 0.1) is 6.54 Å². The fourth-order valence-electron chi connectivity index (χ4n) is 2.55. The number of carboxylic acids is 1. The van der Waals surface area contributed by atoms with Gasteiger partial charge in [0.15, 0.2) is 0 Å². The lowest BCUT2D eigenvalue weighted by Crippen LogP contribution is -2.55. The Morgan fingerprint density at radius 1 is 0.968 bits per heavy atom. The summed E-state index contributed by atoms with van der Waals surface area (Å²) in [6, 6.07) is 2.25. The van der Waals surface area contributed by atoms with Crippen molar-refractivity contribution >= 4 is 29.6 Å². The van der Waals surface area contributed by atoms with Crippen LogP contribution >= 0.6 is 0 Å². The van der Waals surface area contributed by atoms with E-state index in [2.05, 4.69) is 16.0 Å². The highest BCUT2D eigenvalue weighted by atomic mass is 16.4. The molecule has 1 rings (SSSR count). The number of primary amides is 1. The van der Waals surface area contributed by atoms with Crippen LogP contribution in [0.25, 0.3) is 0 Å². The van der Waals surface area contributed by atoms with Crippen LogP contribution in [-0.2, 0) is 30.4 Å². The molecule has 0 radical (unpaired) electrons. The summed E-state index contributed by atoms with van der Waals surface area (Å²) in [5, 5.41) is 25.7. The van der Waals surface area contributed by atoms with Gasteiger partial charge < -0.3 is 37.6 Å². The van der Waals surface area contributed by atoms with Crippen LogP contribution in [0.15, 0.2) is 24.3 Å². The Bertz CT molecular complexity index is 812. The van der Waals surface area contributed by atoms with E-state index in [4.69, 9.17) is 11.5 Å². The number of aromatic hydroxyl groups is 1. The molecule has 0 bridgehead atoms. The molecule has 0 aromatic heterocycles. The summed E-state index contributed by atoms with van der Waals surface area (Å²) in [5.41, 5.74) is 10.8. The van der Waals surface area contributed by atoms with Crippen molar-refractivity contribution in [2.75, 3.05) is 6.54 Å². The number of aliphatic carboxylic acids is 1. The monoisotopic (exact) mass is 437 g/mol. The lowest BCUT2D eigenvalue weighted by molar-refractivity contribution is -0.142. The minimum absolute atomic E-state index is 0.0172. The van der Waals surface area contributed by atoms with Crippen molar-refractivity contribution < 1.29 is 34.2 Å². The van der Waals surface area contributed by atoms with Crippen LogP contribution in [0.2, 0.25) is 0 Å². The number of amides is 4. The van der Waals surface area contributed by atoms with Crippen molar-refractivity contribution in [2.24, 2.45) is 11.5 Å². The van der Waals surface area contributed by atoms with E-state index in [1.54, 1.807) is 0 Å². The Kier molecular flexibility index (Phi) is 9.92. The third-order valence-electron chi connectivity index (χ3n) is 4.26. The third-order valence-corrected chi connectivity index (χ3v) is 4.26. The van der Waals surface area contributed by atoms with Crippen LogP contribution < -0.4 is 27.4 Å². The van der Waals surface area contributed by atoms with E-state index in [-0.39, 0.29) is 31.6 Å². The molecule has 12 nitrogen and oxygen atoms in total. The zero-order valence-corrected chi connectivity index (χ0v) is 17.0. The van der Waals surface area contributed by atoms with Crippen LogP contribution in [0.3, 0.4) is 0 Å². The summed E-state index contributed by atoms with van der Waals surface area (Å²) in [5.74, 6) is -4.10. The highest BCUT2D eigenvalue weighted by Gasteiger charge is 2.27. The molecule has 9 N–H and O–H groups in total. The van der Waals surface area contributed by atoms with E-state index in [9.17, 15) is 34.2 Å². The molecule has 0 aliphatic carbocycles. The van der Waals surface area contributed by atoms with Gasteiger partial charge in [-0.3, -0.25) is 19.2 Å². The third kappa shape index (κ3) is 9.12. The van der Waals surface area contributed by atoms with Gasteiger partial charge in [-0.25, -0.2) is 4.79 Å². The van der Waals surface area contributed by atoms with Crippen LogP contribution in [0, 0.1) is 0 Å². The molecular weight excluding hydrogens is 410 g/mol. The molecule has 0 saturated heterocycles. The smallest absolute Gasteiger partial charge is 0.326 e. The number of phenolic OH excluding ortho intramolecular Hbond substituents is 1. The molecule has 0 aliphatic heterocycles. The Balaban J connectivity index is 2.75. The molecule has 1 aromatic carbocycles. The van der Waals surface area contributed by atoms with Crippen LogP contribution in [-0.4, -0.2) is 64.5 Å². The average Bonchev–Trinajstić information content (AvgIpc) is 2.71. The van der Waals surface area contributed by atoms with Gasteiger partial charge in [-0.2, -0.15) is 0 Å². The standard InChI is InChI=1S/C19H27N5O7/c1-10(22-18(29)13(6-7-15(21)26)23-16(27)9-20)17(28)24-14(19(30)31)8-11-2-4-12(25)5-3-11/h2-5,10,13-14,25H,6-9,20H2,1H3,(H2,21,26)(H,22,29)(H,23,27)(H,24,28)(H,30,31). The second-order valence-corrected chi connectivity index (χ2v) is 6.83. The zero-order chi connectivity index (χ0) is 23.6. The summed E-state index contributed by atoms with van der Waals surface area (Å²) >= 11 is 0. The maximum atomic E-state index is 12.4. The first kappa shape index (κ1) is 25.4. The van der Waals surface area contributed by atoms with E-state index in [0.717, 1.165) is 0 Å². The molecule has 170 valence electrons. The molecule has 0 aliphatic rings. The normalized spacial score (nSPS) is 13.4. The lowest BCUT2D eigenvalue weighted by Gasteiger charge is -2.22. The summed E-state index contributed by atoms with van der Waals surface area (Å²) in [4.78, 5) is 58.8. The van der Waals surface area contributed by atoms with E-state index in [0.29, 0.717) is 5.56 Å². The minimum Gasteiger partial charge on any atom is -0.508 e. The van der Waals surface area contributed by atoms with Crippen molar-refractivity contribution in [3.8, 4) is 5.75 Å². The highest BCUT2D eigenvalue weighted by molar-refractivity contribution is 5.93. The van der Waals surface area contributed by atoms with Crippen molar-refractivity contribution in [3.05, 3.63) is 29.8 Å². The summed E-state index contributed by atoms with van der Waals surface area (Å²) in [7, 11) is 0. The van der Waals surface area contributed by atoms with Crippen molar-refractivity contribution in [1.29, 1.82) is 0 Å². The average molecular weight is 437 g/mol. The van der Waals surface area contributed by atoms with Crippen molar-refractivity contribution in [2.45, 2.75) is 44.3 Å².